The fraction of sp³-hybridized carbons (Fsp3) is 0.0625. The molecule has 118 valence electrons. The molecule has 0 atom stereocenters. The van der Waals surface area contributed by atoms with E-state index in [1.54, 1.807) is 31.2 Å². The highest BCUT2D eigenvalue weighted by Gasteiger charge is 2.24. The fourth-order valence-electron chi connectivity index (χ4n) is 2.34. The Bertz CT molecular complexity index is 866. The molecule has 2 aromatic carbocycles. The third kappa shape index (κ3) is 2.94. The normalized spacial score (nSPS) is 11.0. The van der Waals surface area contributed by atoms with E-state index in [0.29, 0.717) is 16.3 Å². The maximum Gasteiger partial charge on any atom is 0.209 e. The van der Waals surface area contributed by atoms with Crippen LogP contribution in [0.25, 0.3) is 16.9 Å². The van der Waals surface area contributed by atoms with Gasteiger partial charge in [0.15, 0.2) is 5.15 Å². The van der Waals surface area contributed by atoms with Crippen LogP contribution in [0.4, 0.5) is 8.78 Å². The average Bonchev–Trinajstić information content (AvgIpc) is 2.74. The molecule has 23 heavy (non-hydrogen) atoms. The molecule has 0 fully saturated rings. The lowest BCUT2D eigenvalue weighted by Crippen LogP contribution is -2.01. The molecule has 3 rings (SSSR count). The van der Waals surface area contributed by atoms with Gasteiger partial charge in [-0.05, 0) is 60.5 Å². The molecule has 2 nitrogen and oxygen atoms in total. The number of benzene rings is 2. The second kappa shape index (κ2) is 6.11. The number of imidazole rings is 1. The van der Waals surface area contributed by atoms with E-state index in [1.807, 2.05) is 0 Å². The molecule has 0 aliphatic rings. The average molecular weight is 374 g/mol. The van der Waals surface area contributed by atoms with Crippen molar-refractivity contribution in [2.75, 3.05) is 0 Å². The molecule has 0 amide bonds. The first-order chi connectivity index (χ1) is 10.9. The Morgan fingerprint density at radius 1 is 0.957 bits per heavy atom. The van der Waals surface area contributed by atoms with E-state index in [4.69, 9.17) is 34.8 Å². The highest BCUT2D eigenvalue weighted by atomic mass is 35.5. The van der Waals surface area contributed by atoms with E-state index in [1.165, 1.54) is 16.7 Å². The summed E-state index contributed by atoms with van der Waals surface area (Å²) in [5, 5.41) is 0.420. The number of hydrogen-bond acceptors (Lipinski definition) is 1. The Morgan fingerprint density at radius 2 is 1.52 bits per heavy atom. The number of nitrogens with zero attached hydrogens (tertiary/aromatic N) is 2. The quantitative estimate of drug-likeness (QED) is 0.532. The van der Waals surface area contributed by atoms with Crippen molar-refractivity contribution >= 4 is 34.8 Å². The van der Waals surface area contributed by atoms with E-state index in [-0.39, 0.29) is 21.7 Å². The van der Waals surface area contributed by atoms with Crippen LogP contribution >= 0.6 is 34.8 Å². The van der Waals surface area contributed by atoms with Crippen LogP contribution in [0.2, 0.25) is 15.5 Å². The Balaban J connectivity index is 2.32. The minimum absolute atomic E-state index is 0.00769. The zero-order valence-corrected chi connectivity index (χ0v) is 14.0. The smallest absolute Gasteiger partial charge is 0.209 e. The Kier molecular flexibility index (Phi) is 4.32. The summed E-state index contributed by atoms with van der Waals surface area (Å²) < 4.78 is 30.1. The molecule has 7 heteroatoms. The molecule has 1 heterocycles. The predicted octanol–water partition coefficient (Wildman–Crippen LogP) is 6.09. The van der Waals surface area contributed by atoms with Gasteiger partial charge in [-0.1, -0.05) is 23.2 Å². The van der Waals surface area contributed by atoms with Gasteiger partial charge in [-0.2, -0.15) is 0 Å². The largest absolute Gasteiger partial charge is 0.281 e. The molecule has 0 unspecified atom stereocenters. The monoisotopic (exact) mass is 372 g/mol. The second-order valence-corrected chi connectivity index (χ2v) is 6.07. The summed E-state index contributed by atoms with van der Waals surface area (Å²) in [6.45, 7) is 1.60. The van der Waals surface area contributed by atoms with E-state index >= 15 is 0 Å². The molecule has 0 aliphatic carbocycles. The summed E-state index contributed by atoms with van der Waals surface area (Å²) in [6.07, 6.45) is 0. The lowest BCUT2D eigenvalue weighted by atomic mass is 10.1. The van der Waals surface area contributed by atoms with Gasteiger partial charge in [0.2, 0.25) is 5.28 Å². The molecule has 0 spiro atoms. The standard InChI is InChI=1S/C16H9Cl3F2N2/c1-8-6-11(20)13(12(21)7-8)14-15(18)22-16(19)23(14)10-4-2-9(17)3-5-10/h2-7H,1H3. The predicted molar refractivity (Wildman–Crippen MR) is 88.7 cm³/mol. The molecule has 0 saturated heterocycles. The number of hydrogen-bond donors (Lipinski definition) is 0. The summed E-state index contributed by atoms with van der Waals surface area (Å²) in [7, 11) is 0. The summed E-state index contributed by atoms with van der Waals surface area (Å²) in [5.74, 6) is -1.48. The van der Waals surface area contributed by atoms with Gasteiger partial charge in [0.05, 0.1) is 11.3 Å². The molecule has 0 N–H and O–H groups in total. The lowest BCUT2D eigenvalue weighted by Gasteiger charge is -2.12. The van der Waals surface area contributed by atoms with Gasteiger partial charge < -0.3 is 0 Å². The first-order valence-electron chi connectivity index (χ1n) is 6.54. The van der Waals surface area contributed by atoms with Gasteiger partial charge in [-0.25, -0.2) is 13.8 Å². The van der Waals surface area contributed by atoms with Gasteiger partial charge in [-0.3, -0.25) is 4.57 Å². The van der Waals surface area contributed by atoms with Crippen molar-refractivity contribution in [3.63, 3.8) is 0 Å². The highest BCUT2D eigenvalue weighted by molar-refractivity contribution is 6.34. The maximum atomic E-state index is 14.3. The fourth-order valence-corrected chi connectivity index (χ4v) is 3.03. The number of halogens is 5. The number of aromatic nitrogens is 2. The SMILES string of the molecule is Cc1cc(F)c(-c2c(Cl)nc(Cl)n2-c2ccc(Cl)cc2)c(F)c1. The molecule has 3 aromatic rings. The minimum Gasteiger partial charge on any atom is -0.281 e. The van der Waals surface area contributed by atoms with Gasteiger partial charge in [0.1, 0.15) is 11.6 Å². The molecular weight excluding hydrogens is 365 g/mol. The van der Waals surface area contributed by atoms with Crippen LogP contribution in [0, 0.1) is 18.6 Å². The van der Waals surface area contributed by atoms with Crippen LogP contribution in [-0.2, 0) is 0 Å². The van der Waals surface area contributed by atoms with Crippen LogP contribution in [0.15, 0.2) is 36.4 Å². The van der Waals surface area contributed by atoms with Crippen molar-refractivity contribution < 1.29 is 8.78 Å². The number of rotatable bonds is 2. The molecule has 1 aromatic heterocycles. The van der Waals surface area contributed by atoms with Crippen molar-refractivity contribution in [2.24, 2.45) is 0 Å². The van der Waals surface area contributed by atoms with E-state index in [9.17, 15) is 8.78 Å². The maximum absolute atomic E-state index is 14.3. The van der Waals surface area contributed by atoms with Crippen molar-refractivity contribution in [1.29, 1.82) is 0 Å². The third-order valence-corrected chi connectivity index (χ3v) is 4.07. The van der Waals surface area contributed by atoms with Crippen molar-refractivity contribution in [2.45, 2.75) is 6.92 Å². The lowest BCUT2D eigenvalue weighted by molar-refractivity contribution is 0.586. The van der Waals surface area contributed by atoms with Gasteiger partial charge in [-0.15, -0.1) is 0 Å². The van der Waals surface area contributed by atoms with Crippen molar-refractivity contribution in [3.8, 4) is 16.9 Å². The van der Waals surface area contributed by atoms with Crippen molar-refractivity contribution in [1.82, 2.24) is 9.55 Å². The van der Waals surface area contributed by atoms with Gasteiger partial charge in [0, 0.05) is 10.7 Å². The molecule has 0 aliphatic heterocycles. The highest BCUT2D eigenvalue weighted by Crippen LogP contribution is 2.37. The van der Waals surface area contributed by atoms with E-state index < -0.39 is 11.6 Å². The van der Waals surface area contributed by atoms with Crippen molar-refractivity contribution in [3.05, 3.63) is 69.1 Å². The van der Waals surface area contributed by atoms with Gasteiger partial charge >= 0.3 is 0 Å². The Hall–Kier alpha value is -1.62. The molecule has 0 bridgehead atoms. The summed E-state index contributed by atoms with van der Waals surface area (Å²) >= 11 is 18.0. The van der Waals surface area contributed by atoms with Crippen LogP contribution in [0.5, 0.6) is 0 Å². The van der Waals surface area contributed by atoms with Crippen LogP contribution in [-0.4, -0.2) is 9.55 Å². The second-order valence-electron chi connectivity index (χ2n) is 4.94. The van der Waals surface area contributed by atoms with E-state index in [0.717, 1.165) is 0 Å². The molecule has 0 saturated carbocycles. The topological polar surface area (TPSA) is 17.8 Å². The molecule has 0 radical (unpaired) electrons. The summed E-state index contributed by atoms with van der Waals surface area (Å²) in [6, 6.07) is 9.02. The first-order valence-corrected chi connectivity index (χ1v) is 7.67. The Morgan fingerprint density at radius 3 is 2.09 bits per heavy atom. The third-order valence-electron chi connectivity index (χ3n) is 3.30. The first kappa shape index (κ1) is 16.2. The Labute approximate surface area is 146 Å². The van der Waals surface area contributed by atoms with Crippen LogP contribution in [0.3, 0.4) is 0 Å². The van der Waals surface area contributed by atoms with E-state index in [2.05, 4.69) is 4.98 Å². The molecular formula is C16H9Cl3F2N2. The van der Waals surface area contributed by atoms with Crippen LogP contribution < -0.4 is 0 Å². The minimum atomic E-state index is -0.740. The zero-order valence-electron chi connectivity index (χ0n) is 11.7. The summed E-state index contributed by atoms with van der Waals surface area (Å²) in [4.78, 5) is 3.92. The van der Waals surface area contributed by atoms with Gasteiger partial charge in [0.25, 0.3) is 0 Å². The summed E-state index contributed by atoms with van der Waals surface area (Å²) in [5.41, 5.74) is 0.764. The number of aryl methyl sites for hydroxylation is 1. The van der Waals surface area contributed by atoms with Crippen LogP contribution in [0.1, 0.15) is 5.56 Å². The zero-order chi connectivity index (χ0) is 16.7.